The van der Waals surface area contributed by atoms with Crippen molar-refractivity contribution in [3.63, 3.8) is 0 Å². The molecule has 0 saturated heterocycles. The summed E-state index contributed by atoms with van der Waals surface area (Å²) in [6, 6.07) is 4.10. The summed E-state index contributed by atoms with van der Waals surface area (Å²) < 4.78 is 14.8. The van der Waals surface area contributed by atoms with Gasteiger partial charge in [0.25, 0.3) is 5.91 Å². The van der Waals surface area contributed by atoms with E-state index in [4.69, 9.17) is 14.2 Å². The third-order valence-electron chi connectivity index (χ3n) is 4.32. The lowest BCUT2D eigenvalue weighted by atomic mass is 10.1. The highest BCUT2D eigenvalue weighted by Crippen LogP contribution is 2.39. The number of phenolic OH excluding ortho intramolecular Hbond substituents is 1. The molecule has 2 aromatic rings. The quantitative estimate of drug-likeness (QED) is 0.711. The number of thiophene rings is 1. The number of fused-ring (bicyclic) bond motifs is 1. The van der Waals surface area contributed by atoms with E-state index in [1.54, 1.807) is 0 Å². The van der Waals surface area contributed by atoms with Crippen LogP contribution in [-0.4, -0.2) is 43.8 Å². The number of nitrogens with one attached hydrogen (secondary N) is 1. The lowest BCUT2D eigenvalue weighted by molar-refractivity contribution is -0.119. The summed E-state index contributed by atoms with van der Waals surface area (Å²) in [5, 5.41) is 12.8. The van der Waals surface area contributed by atoms with Gasteiger partial charge < -0.3 is 24.6 Å². The van der Waals surface area contributed by atoms with E-state index in [9.17, 15) is 19.5 Å². The molecule has 0 unspecified atom stereocenters. The van der Waals surface area contributed by atoms with E-state index in [0.717, 1.165) is 29.7 Å². The number of anilines is 1. The van der Waals surface area contributed by atoms with Gasteiger partial charge in [-0.05, 0) is 43.0 Å². The van der Waals surface area contributed by atoms with Crippen molar-refractivity contribution in [3.05, 3.63) is 39.8 Å². The zero-order valence-corrected chi connectivity index (χ0v) is 16.2. The number of aryl methyl sites for hydroxylation is 1. The molecule has 1 aliphatic rings. The van der Waals surface area contributed by atoms with Gasteiger partial charge in [-0.3, -0.25) is 4.79 Å². The summed E-state index contributed by atoms with van der Waals surface area (Å²) in [7, 11) is 2.71. The van der Waals surface area contributed by atoms with E-state index in [2.05, 4.69) is 5.32 Å². The van der Waals surface area contributed by atoms with Crippen LogP contribution in [0.5, 0.6) is 11.5 Å². The number of hydrogen-bond donors (Lipinski definition) is 2. The first-order chi connectivity index (χ1) is 13.4. The van der Waals surface area contributed by atoms with Gasteiger partial charge >= 0.3 is 11.9 Å². The van der Waals surface area contributed by atoms with Crippen molar-refractivity contribution in [1.82, 2.24) is 0 Å². The Morgan fingerprint density at radius 3 is 2.68 bits per heavy atom. The molecule has 0 saturated carbocycles. The maximum Gasteiger partial charge on any atom is 0.342 e. The van der Waals surface area contributed by atoms with Crippen molar-refractivity contribution in [2.75, 3.05) is 26.1 Å². The largest absolute Gasteiger partial charge is 0.507 e. The average Bonchev–Trinajstić information content (AvgIpc) is 3.26. The zero-order chi connectivity index (χ0) is 20.3. The lowest BCUT2D eigenvalue weighted by Crippen LogP contribution is -2.21. The molecule has 2 N–H and O–H groups in total. The summed E-state index contributed by atoms with van der Waals surface area (Å²) in [6.45, 7) is -0.571. The molecule has 148 valence electrons. The molecule has 1 heterocycles. The molecule has 9 heteroatoms. The fourth-order valence-electron chi connectivity index (χ4n) is 2.99. The van der Waals surface area contributed by atoms with Gasteiger partial charge in [0.05, 0.1) is 19.8 Å². The number of hydrogen-bond acceptors (Lipinski definition) is 8. The van der Waals surface area contributed by atoms with Gasteiger partial charge in [0, 0.05) is 4.88 Å². The minimum Gasteiger partial charge on any atom is -0.507 e. The predicted molar refractivity (Wildman–Crippen MR) is 101 cm³/mol. The van der Waals surface area contributed by atoms with E-state index in [1.165, 1.54) is 43.8 Å². The van der Waals surface area contributed by atoms with Gasteiger partial charge in [-0.2, -0.15) is 0 Å². The fourth-order valence-corrected chi connectivity index (χ4v) is 4.28. The Morgan fingerprint density at radius 1 is 1.18 bits per heavy atom. The number of methoxy groups -OCH3 is 2. The van der Waals surface area contributed by atoms with Crippen LogP contribution in [0.2, 0.25) is 0 Å². The van der Waals surface area contributed by atoms with E-state index in [0.29, 0.717) is 16.3 Å². The van der Waals surface area contributed by atoms with Crippen molar-refractivity contribution in [1.29, 1.82) is 0 Å². The molecule has 0 fully saturated rings. The minimum absolute atomic E-state index is 0.113. The van der Waals surface area contributed by atoms with Crippen LogP contribution in [0.3, 0.4) is 0 Å². The lowest BCUT2D eigenvalue weighted by Gasteiger charge is -2.09. The smallest absolute Gasteiger partial charge is 0.342 e. The van der Waals surface area contributed by atoms with E-state index < -0.39 is 24.5 Å². The Bertz CT molecular complexity index is 935. The van der Waals surface area contributed by atoms with Gasteiger partial charge in [-0.25, -0.2) is 9.59 Å². The Morgan fingerprint density at radius 2 is 1.96 bits per heavy atom. The second-order valence-corrected chi connectivity index (χ2v) is 7.17. The number of benzene rings is 1. The molecule has 0 radical (unpaired) electrons. The van der Waals surface area contributed by atoms with Crippen molar-refractivity contribution in [3.8, 4) is 11.5 Å². The van der Waals surface area contributed by atoms with Crippen LogP contribution in [-0.2, 0) is 27.1 Å². The topological polar surface area (TPSA) is 111 Å². The van der Waals surface area contributed by atoms with Crippen LogP contribution in [0, 0.1) is 0 Å². The van der Waals surface area contributed by atoms with Crippen LogP contribution in [0.15, 0.2) is 18.2 Å². The molecular weight excluding hydrogens is 386 g/mol. The summed E-state index contributed by atoms with van der Waals surface area (Å²) in [5.41, 5.74) is 1.16. The maximum atomic E-state index is 12.2. The van der Waals surface area contributed by atoms with Gasteiger partial charge in [0.15, 0.2) is 6.61 Å². The highest BCUT2D eigenvalue weighted by Gasteiger charge is 2.28. The highest BCUT2D eigenvalue weighted by atomic mass is 32.1. The molecule has 1 aromatic carbocycles. The fraction of sp³-hybridized carbons (Fsp3) is 0.316. The second-order valence-electron chi connectivity index (χ2n) is 6.06. The number of phenols is 1. The number of ether oxygens (including phenoxy) is 3. The standard InChI is InChI=1S/C19H19NO7S/c1-25-10-6-7-13(21)12(8-10)18(23)27-9-15(22)20-17-16(19(24)26-2)11-4-3-5-14(11)28-17/h6-8,21H,3-5,9H2,1-2H3,(H,20,22). The van der Waals surface area contributed by atoms with Crippen molar-refractivity contribution < 1.29 is 33.7 Å². The summed E-state index contributed by atoms with van der Waals surface area (Å²) in [4.78, 5) is 37.5. The highest BCUT2D eigenvalue weighted by molar-refractivity contribution is 7.17. The van der Waals surface area contributed by atoms with Gasteiger partial charge in [0.1, 0.15) is 22.1 Å². The molecule has 0 atom stereocenters. The Kier molecular flexibility index (Phi) is 5.84. The Labute approximate surface area is 165 Å². The Hall–Kier alpha value is -3.07. The van der Waals surface area contributed by atoms with Crippen LogP contribution in [0.4, 0.5) is 5.00 Å². The van der Waals surface area contributed by atoms with Crippen molar-refractivity contribution in [2.45, 2.75) is 19.3 Å². The summed E-state index contributed by atoms with van der Waals surface area (Å²) >= 11 is 1.33. The van der Waals surface area contributed by atoms with Gasteiger partial charge in [-0.1, -0.05) is 0 Å². The Balaban J connectivity index is 1.67. The van der Waals surface area contributed by atoms with Gasteiger partial charge in [-0.15, -0.1) is 11.3 Å². The predicted octanol–water partition coefficient (Wildman–Crippen LogP) is 2.53. The first-order valence-corrected chi connectivity index (χ1v) is 9.33. The first kappa shape index (κ1) is 19.7. The number of rotatable bonds is 6. The molecule has 0 spiro atoms. The monoisotopic (exact) mass is 405 g/mol. The van der Waals surface area contributed by atoms with Crippen LogP contribution in [0.25, 0.3) is 0 Å². The number of aromatic hydroxyl groups is 1. The molecular formula is C19H19NO7S. The first-order valence-electron chi connectivity index (χ1n) is 8.51. The van der Waals surface area contributed by atoms with Gasteiger partial charge in [0.2, 0.25) is 0 Å². The van der Waals surface area contributed by atoms with Crippen LogP contribution < -0.4 is 10.1 Å². The molecule has 0 aliphatic heterocycles. The molecule has 1 aromatic heterocycles. The van der Waals surface area contributed by atoms with Crippen molar-refractivity contribution >= 4 is 34.2 Å². The average molecular weight is 405 g/mol. The zero-order valence-electron chi connectivity index (χ0n) is 15.4. The molecule has 0 bridgehead atoms. The SMILES string of the molecule is COC(=O)c1c(NC(=O)COC(=O)c2cc(OC)ccc2O)sc2c1CCC2. The molecule has 1 amide bonds. The summed E-state index contributed by atoms with van der Waals surface area (Å²) in [6.07, 6.45) is 2.57. The van der Waals surface area contributed by atoms with Crippen LogP contribution >= 0.6 is 11.3 Å². The molecule has 8 nitrogen and oxygen atoms in total. The number of carbonyl (C=O) groups excluding carboxylic acids is 3. The number of esters is 2. The number of amides is 1. The van der Waals surface area contributed by atoms with E-state index in [1.807, 2.05) is 0 Å². The van der Waals surface area contributed by atoms with E-state index in [-0.39, 0.29) is 11.3 Å². The molecule has 3 rings (SSSR count). The second kappa shape index (κ2) is 8.30. The third kappa shape index (κ3) is 3.94. The van der Waals surface area contributed by atoms with E-state index >= 15 is 0 Å². The number of carbonyl (C=O) groups is 3. The maximum absolute atomic E-state index is 12.2. The summed E-state index contributed by atoms with van der Waals surface area (Å²) in [5.74, 6) is -1.89. The van der Waals surface area contributed by atoms with Crippen LogP contribution in [0.1, 0.15) is 37.6 Å². The minimum atomic E-state index is -0.867. The molecule has 1 aliphatic carbocycles. The normalized spacial score (nSPS) is 12.2. The molecule has 28 heavy (non-hydrogen) atoms. The third-order valence-corrected chi connectivity index (χ3v) is 5.53. The van der Waals surface area contributed by atoms with Crippen molar-refractivity contribution in [2.24, 2.45) is 0 Å².